The summed E-state index contributed by atoms with van der Waals surface area (Å²) in [5.41, 5.74) is 2.72. The van der Waals surface area contributed by atoms with Gasteiger partial charge < -0.3 is 10.6 Å². The molecule has 0 aliphatic carbocycles. The number of hydrogen-bond donors (Lipinski definition) is 2. The molecule has 0 saturated carbocycles. The minimum atomic E-state index is -0.279. The van der Waals surface area contributed by atoms with Gasteiger partial charge >= 0.3 is 0 Å². The Balaban J connectivity index is 1.92. The van der Waals surface area contributed by atoms with Gasteiger partial charge in [-0.05, 0) is 41.8 Å². The van der Waals surface area contributed by atoms with Gasteiger partial charge in [-0.25, -0.2) is 4.39 Å². The van der Waals surface area contributed by atoms with Gasteiger partial charge in [0, 0.05) is 25.6 Å². The van der Waals surface area contributed by atoms with E-state index in [1.165, 1.54) is 13.0 Å². The fraction of sp³-hybridized carbons (Fsp3) is 0.222. The Bertz CT molecular complexity index is 711. The molecule has 2 amide bonds. The maximum Gasteiger partial charge on any atom is 0.251 e. The molecule has 0 heterocycles. The van der Waals surface area contributed by atoms with Crippen molar-refractivity contribution in [3.63, 3.8) is 0 Å². The van der Waals surface area contributed by atoms with Crippen LogP contribution in [0.1, 0.15) is 34.0 Å². The van der Waals surface area contributed by atoms with Crippen molar-refractivity contribution < 1.29 is 14.0 Å². The van der Waals surface area contributed by atoms with E-state index in [0.29, 0.717) is 23.2 Å². The predicted molar refractivity (Wildman–Crippen MR) is 86.3 cm³/mol. The van der Waals surface area contributed by atoms with Gasteiger partial charge in [0.25, 0.3) is 5.91 Å². The molecular weight excluding hydrogens is 295 g/mol. The highest BCUT2D eigenvalue weighted by Gasteiger charge is 2.06. The van der Waals surface area contributed by atoms with Crippen LogP contribution in [0.5, 0.6) is 0 Å². The lowest BCUT2D eigenvalue weighted by molar-refractivity contribution is -0.119. The maximum absolute atomic E-state index is 13.5. The van der Waals surface area contributed by atoms with Crippen LogP contribution in [0.15, 0.2) is 42.5 Å². The second-order valence-electron chi connectivity index (χ2n) is 5.37. The maximum atomic E-state index is 13.5. The molecule has 120 valence electrons. The van der Waals surface area contributed by atoms with Gasteiger partial charge in [0.05, 0.1) is 0 Å². The number of halogens is 1. The zero-order valence-electron chi connectivity index (χ0n) is 13.2. The smallest absolute Gasteiger partial charge is 0.251 e. The van der Waals surface area contributed by atoms with E-state index >= 15 is 0 Å². The van der Waals surface area contributed by atoms with Crippen molar-refractivity contribution in [1.29, 1.82) is 0 Å². The van der Waals surface area contributed by atoms with Crippen LogP contribution in [0.2, 0.25) is 0 Å². The molecular formula is C18H19FN2O2. The van der Waals surface area contributed by atoms with E-state index < -0.39 is 0 Å². The number of amides is 2. The van der Waals surface area contributed by atoms with E-state index in [0.717, 1.165) is 5.56 Å². The van der Waals surface area contributed by atoms with E-state index in [4.69, 9.17) is 0 Å². The summed E-state index contributed by atoms with van der Waals surface area (Å²) in [4.78, 5) is 22.9. The minimum Gasteiger partial charge on any atom is -0.352 e. The van der Waals surface area contributed by atoms with Crippen LogP contribution in [-0.4, -0.2) is 11.8 Å². The van der Waals surface area contributed by atoms with Gasteiger partial charge in [-0.2, -0.15) is 0 Å². The molecule has 0 spiro atoms. The van der Waals surface area contributed by atoms with Gasteiger partial charge in [0.15, 0.2) is 0 Å². The van der Waals surface area contributed by atoms with Crippen LogP contribution < -0.4 is 10.6 Å². The summed E-state index contributed by atoms with van der Waals surface area (Å²) in [6.45, 7) is 3.85. The lowest BCUT2D eigenvalue weighted by atomic mass is 10.1. The van der Waals surface area contributed by atoms with Crippen molar-refractivity contribution >= 4 is 11.8 Å². The highest BCUT2D eigenvalue weighted by Crippen LogP contribution is 2.10. The first-order chi connectivity index (χ1) is 11.0. The SMILES string of the molecule is CC(=O)NCc1ccc(C(=O)NCc2ccc(C)c(F)c2)cc1. The lowest BCUT2D eigenvalue weighted by Crippen LogP contribution is -2.23. The number of hydrogen-bond acceptors (Lipinski definition) is 2. The summed E-state index contributed by atoms with van der Waals surface area (Å²) in [5.74, 6) is -0.603. The van der Waals surface area contributed by atoms with Crippen molar-refractivity contribution in [2.45, 2.75) is 26.9 Å². The predicted octanol–water partition coefficient (Wildman–Crippen LogP) is 2.70. The van der Waals surface area contributed by atoms with Crippen LogP contribution in [-0.2, 0) is 17.9 Å². The van der Waals surface area contributed by atoms with Crippen LogP contribution in [0.3, 0.4) is 0 Å². The molecule has 0 aliphatic rings. The highest BCUT2D eigenvalue weighted by molar-refractivity contribution is 5.94. The Morgan fingerprint density at radius 3 is 2.17 bits per heavy atom. The summed E-state index contributed by atoms with van der Waals surface area (Å²) < 4.78 is 13.5. The Morgan fingerprint density at radius 2 is 1.57 bits per heavy atom. The molecule has 0 aromatic heterocycles. The molecule has 2 aromatic carbocycles. The van der Waals surface area contributed by atoms with Crippen LogP contribution in [0.25, 0.3) is 0 Å². The van der Waals surface area contributed by atoms with Crippen molar-refractivity contribution in [2.24, 2.45) is 0 Å². The van der Waals surface area contributed by atoms with Crippen LogP contribution in [0, 0.1) is 12.7 Å². The zero-order chi connectivity index (χ0) is 16.8. The molecule has 0 atom stereocenters. The summed E-state index contributed by atoms with van der Waals surface area (Å²) >= 11 is 0. The van der Waals surface area contributed by atoms with Crippen molar-refractivity contribution in [3.05, 3.63) is 70.5 Å². The van der Waals surface area contributed by atoms with E-state index in [2.05, 4.69) is 10.6 Å². The fourth-order valence-electron chi connectivity index (χ4n) is 2.03. The molecule has 5 heteroatoms. The van der Waals surface area contributed by atoms with Gasteiger partial charge in [-0.15, -0.1) is 0 Å². The normalized spacial score (nSPS) is 10.2. The third-order valence-corrected chi connectivity index (χ3v) is 3.45. The Labute approximate surface area is 134 Å². The van der Waals surface area contributed by atoms with Crippen molar-refractivity contribution in [1.82, 2.24) is 10.6 Å². The highest BCUT2D eigenvalue weighted by atomic mass is 19.1. The van der Waals surface area contributed by atoms with E-state index in [1.54, 1.807) is 43.3 Å². The number of aryl methyl sites for hydroxylation is 1. The number of rotatable bonds is 5. The Hall–Kier alpha value is -2.69. The van der Waals surface area contributed by atoms with Gasteiger partial charge in [0.1, 0.15) is 5.82 Å². The first-order valence-electron chi connectivity index (χ1n) is 7.32. The molecule has 0 fully saturated rings. The van der Waals surface area contributed by atoms with Gasteiger partial charge in [-0.1, -0.05) is 24.3 Å². The molecule has 0 radical (unpaired) electrons. The third-order valence-electron chi connectivity index (χ3n) is 3.45. The first-order valence-corrected chi connectivity index (χ1v) is 7.32. The van der Waals surface area contributed by atoms with Gasteiger partial charge in [0.2, 0.25) is 5.91 Å². The molecule has 2 aromatic rings. The number of nitrogens with one attached hydrogen (secondary N) is 2. The van der Waals surface area contributed by atoms with Crippen LogP contribution >= 0.6 is 0 Å². The summed E-state index contributed by atoms with van der Waals surface area (Å²) in [6.07, 6.45) is 0. The van der Waals surface area contributed by atoms with Crippen molar-refractivity contribution in [2.75, 3.05) is 0 Å². The molecule has 0 bridgehead atoms. The third kappa shape index (κ3) is 4.92. The summed E-state index contributed by atoms with van der Waals surface area (Å²) in [6, 6.07) is 11.9. The second-order valence-corrected chi connectivity index (χ2v) is 5.37. The quantitative estimate of drug-likeness (QED) is 0.891. The average Bonchev–Trinajstić information content (AvgIpc) is 2.54. The Kier molecular flexibility index (Phi) is 5.46. The van der Waals surface area contributed by atoms with E-state index in [9.17, 15) is 14.0 Å². The standard InChI is InChI=1S/C18H19FN2O2/c1-12-3-4-15(9-17(12)19)11-21-18(23)16-7-5-14(6-8-16)10-20-13(2)22/h3-9H,10-11H2,1-2H3,(H,20,22)(H,21,23). The first kappa shape index (κ1) is 16.7. The second kappa shape index (κ2) is 7.54. The number of carbonyl (C=O) groups excluding carboxylic acids is 2. The molecule has 0 aliphatic heterocycles. The molecule has 4 nitrogen and oxygen atoms in total. The van der Waals surface area contributed by atoms with E-state index in [-0.39, 0.29) is 24.2 Å². The monoisotopic (exact) mass is 314 g/mol. The van der Waals surface area contributed by atoms with Crippen LogP contribution in [0.4, 0.5) is 4.39 Å². The van der Waals surface area contributed by atoms with Crippen molar-refractivity contribution in [3.8, 4) is 0 Å². The summed E-state index contributed by atoms with van der Waals surface area (Å²) in [5, 5.41) is 5.45. The molecule has 23 heavy (non-hydrogen) atoms. The minimum absolute atomic E-state index is 0.0999. The molecule has 2 rings (SSSR count). The topological polar surface area (TPSA) is 58.2 Å². The molecule has 2 N–H and O–H groups in total. The zero-order valence-corrected chi connectivity index (χ0v) is 13.2. The number of carbonyl (C=O) groups is 2. The lowest BCUT2D eigenvalue weighted by Gasteiger charge is -2.08. The fourth-order valence-corrected chi connectivity index (χ4v) is 2.03. The molecule has 0 unspecified atom stereocenters. The molecule has 0 saturated heterocycles. The van der Waals surface area contributed by atoms with Gasteiger partial charge in [-0.3, -0.25) is 9.59 Å². The van der Waals surface area contributed by atoms with E-state index in [1.807, 2.05) is 0 Å². The average molecular weight is 314 g/mol. The number of benzene rings is 2. The largest absolute Gasteiger partial charge is 0.352 e. The Morgan fingerprint density at radius 1 is 0.957 bits per heavy atom. The summed E-state index contributed by atoms with van der Waals surface area (Å²) in [7, 11) is 0.